The number of fused-ring (bicyclic) bond motifs is 1. The van der Waals surface area contributed by atoms with Gasteiger partial charge in [-0.15, -0.1) is 17.7 Å². The molecule has 0 spiro atoms. The van der Waals surface area contributed by atoms with Crippen LogP contribution in [0.15, 0.2) is 30.3 Å². The van der Waals surface area contributed by atoms with E-state index in [1.165, 1.54) is 7.11 Å². The number of benzene rings is 2. The average Bonchev–Trinajstić information content (AvgIpc) is 3.09. The van der Waals surface area contributed by atoms with Crippen LogP contribution in [-0.2, 0) is 4.74 Å². The van der Waals surface area contributed by atoms with Gasteiger partial charge in [0.05, 0.1) is 37.4 Å². The van der Waals surface area contributed by atoms with Gasteiger partial charge in [-0.25, -0.2) is 4.79 Å². The van der Waals surface area contributed by atoms with E-state index in [4.69, 9.17) is 14.2 Å². The number of hydrogen-bond donors (Lipinski definition) is 1. The molecule has 0 bridgehead atoms. The standard InChI is InChI=1S/C20H19N2O4.CH3.U/c1-4-26-20(23)15-9-11-17-18(19(15)25-3)16(21-22-17)10-8-13-6-5-7-14(12-13)24-2;;/h5-6,8-12H,4H2,1-3H3,(H,21,22);1H3;/q2*-1;+2/b10-8+;;. The number of hydrogen-bond acceptors (Lipinski definition) is 5. The van der Waals surface area contributed by atoms with Gasteiger partial charge in [0.2, 0.25) is 0 Å². The van der Waals surface area contributed by atoms with Crippen LogP contribution in [0, 0.1) is 44.6 Å². The largest absolute Gasteiger partial charge is 2.00 e. The number of ether oxygens (including phenoxy) is 3. The van der Waals surface area contributed by atoms with Crippen molar-refractivity contribution < 1.29 is 50.1 Å². The molecule has 0 aliphatic heterocycles. The van der Waals surface area contributed by atoms with Crippen LogP contribution in [-0.4, -0.2) is 37.0 Å². The zero-order chi connectivity index (χ0) is 18.5. The Balaban J connectivity index is 0.00000196. The molecule has 0 aliphatic carbocycles. The van der Waals surface area contributed by atoms with Crippen molar-refractivity contribution >= 4 is 29.0 Å². The second-order valence-electron chi connectivity index (χ2n) is 5.42. The summed E-state index contributed by atoms with van der Waals surface area (Å²) < 4.78 is 15.8. The summed E-state index contributed by atoms with van der Waals surface area (Å²) in [6, 6.07) is 12.0. The predicted octanol–water partition coefficient (Wildman–Crippen LogP) is 4.18. The van der Waals surface area contributed by atoms with Crippen LogP contribution >= 0.6 is 0 Å². The van der Waals surface area contributed by atoms with Gasteiger partial charge in [-0.3, -0.25) is 5.10 Å². The number of nitrogens with zero attached hydrogens (tertiary/aromatic N) is 1. The van der Waals surface area contributed by atoms with Crippen molar-refractivity contribution in [2.24, 2.45) is 0 Å². The number of aromatic amines is 1. The molecule has 0 atom stereocenters. The van der Waals surface area contributed by atoms with E-state index in [0.29, 0.717) is 29.2 Å². The number of rotatable bonds is 6. The molecule has 0 fully saturated rings. The summed E-state index contributed by atoms with van der Waals surface area (Å²) in [7, 11) is 3.12. The van der Waals surface area contributed by atoms with Gasteiger partial charge in [-0.2, -0.15) is 17.2 Å². The molecule has 0 saturated carbocycles. The normalized spacial score (nSPS) is 10.2. The fraction of sp³-hybridized carbons (Fsp3) is 0.190. The van der Waals surface area contributed by atoms with Gasteiger partial charge in [0.25, 0.3) is 0 Å². The van der Waals surface area contributed by atoms with Crippen molar-refractivity contribution in [2.75, 3.05) is 20.8 Å². The summed E-state index contributed by atoms with van der Waals surface area (Å²) in [4.78, 5) is 12.2. The Kier molecular flexibility index (Phi) is 9.30. The minimum Gasteiger partial charge on any atom is -0.523 e. The first-order valence-corrected chi connectivity index (χ1v) is 8.14. The maximum Gasteiger partial charge on any atom is 2.00 e. The molecule has 0 aliphatic rings. The van der Waals surface area contributed by atoms with E-state index in [1.54, 1.807) is 32.2 Å². The quantitative estimate of drug-likeness (QED) is 0.338. The van der Waals surface area contributed by atoms with E-state index in [0.717, 1.165) is 16.6 Å². The van der Waals surface area contributed by atoms with Crippen molar-refractivity contribution in [3.63, 3.8) is 0 Å². The molecule has 144 valence electrons. The molecule has 0 saturated heterocycles. The minimum absolute atomic E-state index is 0. The number of nitrogens with one attached hydrogen (secondary N) is 1. The fourth-order valence-corrected chi connectivity index (χ4v) is 2.67. The molecule has 3 aromatic rings. The van der Waals surface area contributed by atoms with Crippen LogP contribution in [0.4, 0.5) is 0 Å². The van der Waals surface area contributed by atoms with Crippen molar-refractivity contribution in [1.82, 2.24) is 10.2 Å². The van der Waals surface area contributed by atoms with E-state index in [-0.39, 0.29) is 38.5 Å². The van der Waals surface area contributed by atoms with Gasteiger partial charge < -0.3 is 21.6 Å². The van der Waals surface area contributed by atoms with Gasteiger partial charge in [-0.1, -0.05) is 6.08 Å². The minimum atomic E-state index is -0.425. The van der Waals surface area contributed by atoms with E-state index in [1.807, 2.05) is 24.3 Å². The summed E-state index contributed by atoms with van der Waals surface area (Å²) in [6.07, 6.45) is 3.79. The van der Waals surface area contributed by atoms with Crippen LogP contribution in [0.2, 0.25) is 0 Å². The number of H-pyrrole nitrogens is 1. The molecule has 7 heteroatoms. The zero-order valence-electron chi connectivity index (χ0n) is 16.3. The second kappa shape index (κ2) is 10.9. The number of aromatic nitrogens is 2. The average molecular weight is 604 g/mol. The fourth-order valence-electron chi connectivity index (χ4n) is 2.67. The number of esters is 1. The third-order valence-corrected chi connectivity index (χ3v) is 3.86. The first-order chi connectivity index (χ1) is 12.7. The van der Waals surface area contributed by atoms with Crippen LogP contribution in [0.25, 0.3) is 23.1 Å². The Bertz CT molecular complexity index is 966. The summed E-state index contributed by atoms with van der Waals surface area (Å²) in [6.45, 7) is 2.06. The molecule has 0 unspecified atom stereocenters. The van der Waals surface area contributed by atoms with Crippen LogP contribution in [0.3, 0.4) is 0 Å². The van der Waals surface area contributed by atoms with Crippen LogP contribution in [0.1, 0.15) is 28.5 Å². The number of carbonyl (C=O) groups excluding carboxylic acids is 1. The van der Waals surface area contributed by atoms with Crippen molar-refractivity contribution in [3.8, 4) is 11.5 Å². The van der Waals surface area contributed by atoms with E-state index >= 15 is 0 Å². The Labute approximate surface area is 188 Å². The Morgan fingerprint density at radius 2 is 2.00 bits per heavy atom. The molecule has 1 N–H and O–H groups in total. The van der Waals surface area contributed by atoms with Crippen LogP contribution < -0.4 is 9.47 Å². The number of methoxy groups -OCH3 is 2. The van der Waals surface area contributed by atoms with Gasteiger partial charge in [0.1, 0.15) is 11.3 Å². The van der Waals surface area contributed by atoms with Crippen LogP contribution in [0.5, 0.6) is 11.5 Å². The summed E-state index contributed by atoms with van der Waals surface area (Å²) in [5.41, 5.74) is 2.75. The molecule has 6 nitrogen and oxygen atoms in total. The smallest absolute Gasteiger partial charge is 0.523 e. The molecule has 28 heavy (non-hydrogen) atoms. The number of carbonyl (C=O) groups is 1. The van der Waals surface area contributed by atoms with Gasteiger partial charge in [-0.05, 0) is 25.1 Å². The molecule has 3 rings (SSSR count). The van der Waals surface area contributed by atoms with Gasteiger partial charge >= 0.3 is 37.1 Å². The Hall–Kier alpha value is -2.23. The third-order valence-electron chi connectivity index (χ3n) is 3.86. The Morgan fingerprint density at radius 3 is 2.68 bits per heavy atom. The molecular formula is C21H22N2O4U. The molecule has 2 aromatic carbocycles. The maximum atomic E-state index is 12.2. The third kappa shape index (κ3) is 4.98. The first-order valence-electron chi connectivity index (χ1n) is 8.14. The molecule has 0 amide bonds. The van der Waals surface area contributed by atoms with E-state index in [2.05, 4.69) is 16.3 Å². The summed E-state index contributed by atoms with van der Waals surface area (Å²) in [5, 5.41) is 7.98. The maximum absolute atomic E-state index is 12.2. The van der Waals surface area contributed by atoms with Crippen molar-refractivity contribution in [3.05, 3.63) is 60.6 Å². The summed E-state index contributed by atoms with van der Waals surface area (Å²) >= 11 is 0. The zero-order valence-corrected chi connectivity index (χ0v) is 20.5. The first kappa shape index (κ1) is 23.8. The van der Waals surface area contributed by atoms with Crippen molar-refractivity contribution in [1.29, 1.82) is 0 Å². The molecular weight excluding hydrogens is 582 g/mol. The monoisotopic (exact) mass is 604 g/mol. The van der Waals surface area contributed by atoms with Crippen molar-refractivity contribution in [2.45, 2.75) is 6.92 Å². The molecule has 1 aromatic heterocycles. The molecule has 0 radical (unpaired) electrons. The predicted molar refractivity (Wildman–Crippen MR) is 106 cm³/mol. The van der Waals surface area contributed by atoms with Gasteiger partial charge in [0.15, 0.2) is 0 Å². The molecule has 1 heterocycles. The Morgan fingerprint density at radius 1 is 1.21 bits per heavy atom. The topological polar surface area (TPSA) is 73.4 Å². The summed E-state index contributed by atoms with van der Waals surface area (Å²) in [5.74, 6) is 0.669. The van der Waals surface area contributed by atoms with E-state index < -0.39 is 5.97 Å². The SMILES string of the molecule is CCOC(=O)c1ccc2n[nH]c(/C=C/c3cc[c-]c(OC)c3)c2c1OC.[CH3-].[U+2]. The van der Waals surface area contributed by atoms with Gasteiger partial charge in [0, 0.05) is 5.75 Å². The second-order valence-corrected chi connectivity index (χ2v) is 5.42. The van der Waals surface area contributed by atoms with E-state index in [9.17, 15) is 4.79 Å².